The van der Waals surface area contributed by atoms with Crippen molar-refractivity contribution >= 4 is 5.97 Å². The fourth-order valence-electron chi connectivity index (χ4n) is 1.24. The van der Waals surface area contributed by atoms with Gasteiger partial charge in [-0.05, 0) is 32.1 Å². The minimum atomic E-state index is -4.59. The predicted octanol–water partition coefficient (Wildman–Crippen LogP) is 3.83. The van der Waals surface area contributed by atoms with E-state index in [1.807, 2.05) is 0 Å². The first kappa shape index (κ1) is 14.3. The maximum atomic E-state index is 12.7. The molecule has 0 bridgehead atoms. The number of benzene rings is 1. The molecule has 0 saturated heterocycles. The van der Waals surface area contributed by atoms with Crippen molar-refractivity contribution in [3.63, 3.8) is 0 Å². The number of carbonyl (C=O) groups excluding carboxylic acids is 1. The minimum absolute atomic E-state index is 0.500. The van der Waals surface area contributed by atoms with Crippen molar-refractivity contribution in [2.45, 2.75) is 25.6 Å². The molecule has 5 heteroatoms. The molecule has 18 heavy (non-hydrogen) atoms. The van der Waals surface area contributed by atoms with Gasteiger partial charge in [0, 0.05) is 0 Å². The van der Waals surface area contributed by atoms with E-state index < -0.39 is 28.9 Å². The molecule has 0 N–H and O–H groups in total. The van der Waals surface area contributed by atoms with Gasteiger partial charge >= 0.3 is 12.1 Å². The molecule has 0 aliphatic heterocycles. The van der Waals surface area contributed by atoms with Crippen molar-refractivity contribution in [2.75, 3.05) is 0 Å². The number of ether oxygens (including phenoxy) is 1. The van der Waals surface area contributed by atoms with E-state index in [1.165, 1.54) is 32.1 Å². The average Bonchev–Trinajstić information content (AvgIpc) is 2.27. The minimum Gasteiger partial charge on any atom is -0.452 e. The Hall–Kier alpha value is -1.78. The molecule has 98 valence electrons. The summed E-state index contributed by atoms with van der Waals surface area (Å²) in [5.41, 5.74) is -2.52. The molecule has 1 rings (SSSR count). The van der Waals surface area contributed by atoms with Gasteiger partial charge in [-0.3, -0.25) is 0 Å². The molecule has 2 nitrogen and oxygen atoms in total. The molecule has 0 aromatic heterocycles. The van der Waals surface area contributed by atoms with Gasteiger partial charge in [0.05, 0.1) is 11.1 Å². The maximum Gasteiger partial charge on any atom is 0.417 e. The molecule has 0 unspecified atom stereocenters. The topological polar surface area (TPSA) is 26.3 Å². The van der Waals surface area contributed by atoms with Crippen LogP contribution in [-0.2, 0) is 10.9 Å². The third kappa shape index (κ3) is 3.35. The quantitative estimate of drug-likeness (QED) is 0.608. The summed E-state index contributed by atoms with van der Waals surface area (Å²) in [4.78, 5) is 11.7. The summed E-state index contributed by atoms with van der Waals surface area (Å²) in [6.45, 7) is 6.52. The van der Waals surface area contributed by atoms with E-state index in [9.17, 15) is 18.0 Å². The number of halogens is 3. The standard InChI is InChI=1S/C13H13F3O2/c1-4-12(2,3)18-11(17)9-7-5-6-8-10(9)13(14,15)16/h4-8H,1H2,2-3H3. The molecule has 0 fully saturated rings. The van der Waals surface area contributed by atoms with Gasteiger partial charge in [-0.2, -0.15) is 13.2 Å². The van der Waals surface area contributed by atoms with E-state index in [2.05, 4.69) is 6.58 Å². The van der Waals surface area contributed by atoms with E-state index in [4.69, 9.17) is 4.74 Å². The van der Waals surface area contributed by atoms with Gasteiger partial charge in [-0.25, -0.2) is 4.79 Å². The number of hydrogen-bond acceptors (Lipinski definition) is 2. The summed E-state index contributed by atoms with van der Waals surface area (Å²) in [7, 11) is 0. The van der Waals surface area contributed by atoms with Gasteiger partial charge in [-0.1, -0.05) is 18.7 Å². The van der Waals surface area contributed by atoms with Gasteiger partial charge in [0.15, 0.2) is 0 Å². The van der Waals surface area contributed by atoms with Crippen molar-refractivity contribution in [1.82, 2.24) is 0 Å². The summed E-state index contributed by atoms with van der Waals surface area (Å²) >= 11 is 0. The Bertz CT molecular complexity index is 462. The van der Waals surface area contributed by atoms with Crippen LogP contribution in [0.2, 0.25) is 0 Å². The fraction of sp³-hybridized carbons (Fsp3) is 0.308. The molecular weight excluding hydrogens is 245 g/mol. The Kier molecular flexibility index (Phi) is 3.84. The van der Waals surface area contributed by atoms with Gasteiger partial charge in [0.1, 0.15) is 5.60 Å². The highest BCUT2D eigenvalue weighted by atomic mass is 19.4. The van der Waals surface area contributed by atoms with Crippen LogP contribution in [0, 0.1) is 0 Å². The van der Waals surface area contributed by atoms with E-state index in [1.54, 1.807) is 0 Å². The summed E-state index contributed by atoms with van der Waals surface area (Å²) in [6.07, 6.45) is -3.24. The van der Waals surface area contributed by atoms with Crippen molar-refractivity contribution in [3.8, 4) is 0 Å². The number of esters is 1. The molecule has 0 heterocycles. The first-order chi connectivity index (χ1) is 8.17. The lowest BCUT2D eigenvalue weighted by molar-refractivity contribution is -0.138. The normalized spacial score (nSPS) is 12.1. The molecule has 0 aliphatic carbocycles. The Morgan fingerprint density at radius 1 is 1.28 bits per heavy atom. The van der Waals surface area contributed by atoms with Crippen LogP contribution in [-0.4, -0.2) is 11.6 Å². The second kappa shape index (κ2) is 4.84. The predicted molar refractivity (Wildman–Crippen MR) is 61.1 cm³/mol. The van der Waals surface area contributed by atoms with Crippen molar-refractivity contribution in [2.24, 2.45) is 0 Å². The summed E-state index contributed by atoms with van der Waals surface area (Å²) in [5, 5.41) is 0. The largest absolute Gasteiger partial charge is 0.452 e. The summed E-state index contributed by atoms with van der Waals surface area (Å²) < 4.78 is 43.0. The Morgan fingerprint density at radius 2 is 1.83 bits per heavy atom. The van der Waals surface area contributed by atoms with E-state index in [-0.39, 0.29) is 0 Å². The summed E-state index contributed by atoms with van der Waals surface area (Å²) in [5.74, 6) is -1.02. The first-order valence-corrected chi connectivity index (χ1v) is 5.20. The lowest BCUT2D eigenvalue weighted by atomic mass is 10.1. The van der Waals surface area contributed by atoms with Crippen LogP contribution in [0.15, 0.2) is 36.9 Å². The van der Waals surface area contributed by atoms with Crippen LogP contribution in [0.25, 0.3) is 0 Å². The number of carbonyl (C=O) groups is 1. The molecule has 0 amide bonds. The van der Waals surface area contributed by atoms with Crippen molar-refractivity contribution < 1.29 is 22.7 Å². The molecule has 0 atom stereocenters. The Morgan fingerprint density at radius 3 is 2.33 bits per heavy atom. The molecule has 0 aliphatic rings. The Labute approximate surface area is 103 Å². The SMILES string of the molecule is C=CC(C)(C)OC(=O)c1ccccc1C(F)(F)F. The highest BCUT2D eigenvalue weighted by Gasteiger charge is 2.36. The average molecular weight is 258 g/mol. The van der Waals surface area contributed by atoms with Crippen LogP contribution >= 0.6 is 0 Å². The zero-order valence-corrected chi connectivity index (χ0v) is 10.0. The molecule has 0 spiro atoms. The van der Waals surface area contributed by atoms with Crippen molar-refractivity contribution in [3.05, 3.63) is 48.0 Å². The monoisotopic (exact) mass is 258 g/mol. The highest BCUT2D eigenvalue weighted by Crippen LogP contribution is 2.32. The van der Waals surface area contributed by atoms with Crippen LogP contribution < -0.4 is 0 Å². The van der Waals surface area contributed by atoms with Gasteiger partial charge in [-0.15, -0.1) is 0 Å². The zero-order valence-electron chi connectivity index (χ0n) is 10.0. The smallest absolute Gasteiger partial charge is 0.417 e. The van der Waals surface area contributed by atoms with E-state index >= 15 is 0 Å². The maximum absolute atomic E-state index is 12.7. The third-order valence-corrected chi connectivity index (χ3v) is 2.30. The number of rotatable bonds is 3. The van der Waals surface area contributed by atoms with Crippen LogP contribution in [0.4, 0.5) is 13.2 Å². The van der Waals surface area contributed by atoms with E-state index in [0.29, 0.717) is 0 Å². The van der Waals surface area contributed by atoms with Crippen LogP contribution in [0.3, 0.4) is 0 Å². The number of hydrogen-bond donors (Lipinski definition) is 0. The fourth-order valence-corrected chi connectivity index (χ4v) is 1.24. The van der Waals surface area contributed by atoms with Crippen LogP contribution in [0.1, 0.15) is 29.8 Å². The molecule has 0 saturated carbocycles. The molecule has 0 radical (unpaired) electrons. The Balaban J connectivity index is 3.11. The van der Waals surface area contributed by atoms with Gasteiger partial charge in [0.25, 0.3) is 0 Å². The van der Waals surface area contributed by atoms with Gasteiger partial charge < -0.3 is 4.74 Å². The zero-order chi connectivity index (χ0) is 14.0. The van der Waals surface area contributed by atoms with E-state index in [0.717, 1.165) is 12.1 Å². The first-order valence-electron chi connectivity index (χ1n) is 5.20. The lowest BCUT2D eigenvalue weighted by Gasteiger charge is -2.21. The highest BCUT2D eigenvalue weighted by molar-refractivity contribution is 5.91. The molecular formula is C13H13F3O2. The van der Waals surface area contributed by atoms with Gasteiger partial charge in [0.2, 0.25) is 0 Å². The number of alkyl halides is 3. The van der Waals surface area contributed by atoms with Crippen molar-refractivity contribution in [1.29, 1.82) is 0 Å². The second-order valence-electron chi connectivity index (χ2n) is 4.24. The third-order valence-electron chi connectivity index (χ3n) is 2.30. The lowest BCUT2D eigenvalue weighted by Crippen LogP contribution is -2.26. The second-order valence-corrected chi connectivity index (χ2v) is 4.24. The van der Waals surface area contributed by atoms with Crippen LogP contribution in [0.5, 0.6) is 0 Å². The summed E-state index contributed by atoms with van der Waals surface area (Å²) in [6, 6.07) is 4.51. The molecule has 1 aromatic carbocycles. The molecule has 1 aromatic rings.